The van der Waals surface area contributed by atoms with Crippen molar-refractivity contribution in [3.8, 4) is 0 Å². The Kier molecular flexibility index (Phi) is 20.4. The van der Waals surface area contributed by atoms with Gasteiger partial charge in [-0.1, -0.05) is 30.3 Å². The summed E-state index contributed by atoms with van der Waals surface area (Å²) in [6.45, 7) is 0. The SMILES string of the molecule is [CH3][Sn]([CH3])[CH3].[Cu+].[Li].[S-]c1ccccc1. The van der Waals surface area contributed by atoms with Crippen molar-refractivity contribution in [2.24, 2.45) is 0 Å². The topological polar surface area (TPSA) is 0 Å². The van der Waals surface area contributed by atoms with Crippen LogP contribution in [0.5, 0.6) is 0 Å². The second-order valence-corrected chi connectivity index (χ2v) is 11.8. The van der Waals surface area contributed by atoms with Crippen LogP contribution in [0, 0.1) is 0 Å². The van der Waals surface area contributed by atoms with E-state index in [1.54, 1.807) is 0 Å². The molecule has 0 unspecified atom stereocenters. The van der Waals surface area contributed by atoms with Crippen molar-refractivity contribution in [1.82, 2.24) is 0 Å². The number of benzene rings is 1. The van der Waals surface area contributed by atoms with Gasteiger partial charge in [0, 0.05) is 18.9 Å². The van der Waals surface area contributed by atoms with E-state index in [0.717, 1.165) is 4.90 Å². The molecule has 0 atom stereocenters. The molecule has 1 aromatic carbocycles. The van der Waals surface area contributed by atoms with Gasteiger partial charge >= 0.3 is 51.6 Å². The molecule has 13 heavy (non-hydrogen) atoms. The van der Waals surface area contributed by atoms with E-state index in [2.05, 4.69) is 14.8 Å². The Labute approximate surface area is 117 Å². The minimum Gasteiger partial charge on any atom is -0.780 e. The smallest absolute Gasteiger partial charge is 0.780 e. The van der Waals surface area contributed by atoms with E-state index in [-0.39, 0.29) is 35.9 Å². The van der Waals surface area contributed by atoms with E-state index in [4.69, 9.17) is 12.6 Å². The summed E-state index contributed by atoms with van der Waals surface area (Å²) in [7, 11) is 0. The normalized spacial score (nSPS) is 7.38. The molecule has 1 rings (SSSR count). The third-order valence-electron chi connectivity index (χ3n) is 0.743. The van der Waals surface area contributed by atoms with Crippen LogP contribution in [-0.4, -0.2) is 38.6 Å². The molecule has 0 aromatic heterocycles. The maximum atomic E-state index is 4.81. The van der Waals surface area contributed by atoms with E-state index in [1.807, 2.05) is 30.3 Å². The van der Waals surface area contributed by atoms with Gasteiger partial charge in [0.1, 0.15) is 0 Å². The van der Waals surface area contributed by atoms with Gasteiger partial charge in [-0.15, -0.1) is 0 Å². The Morgan fingerprint density at radius 1 is 1.00 bits per heavy atom. The summed E-state index contributed by atoms with van der Waals surface area (Å²) in [5, 5.41) is 0. The zero-order valence-corrected chi connectivity index (χ0v) is 13.2. The van der Waals surface area contributed by atoms with Crippen molar-refractivity contribution in [1.29, 1.82) is 0 Å². The molecule has 0 nitrogen and oxygen atoms in total. The summed E-state index contributed by atoms with van der Waals surface area (Å²) in [5.74, 6) is 0. The first-order valence-corrected chi connectivity index (χ1v) is 12.6. The minimum absolute atomic E-state index is 0. The van der Waals surface area contributed by atoms with Crippen molar-refractivity contribution in [3.63, 3.8) is 0 Å². The van der Waals surface area contributed by atoms with Crippen molar-refractivity contribution in [2.45, 2.75) is 19.7 Å². The number of rotatable bonds is 0. The molecule has 2 radical (unpaired) electrons. The largest absolute Gasteiger partial charge is 1.00 e. The van der Waals surface area contributed by atoms with Crippen molar-refractivity contribution < 1.29 is 17.1 Å². The molecule has 0 bridgehead atoms. The van der Waals surface area contributed by atoms with Crippen molar-refractivity contribution in [3.05, 3.63) is 30.3 Å². The Hall–Kier alpha value is 1.36. The van der Waals surface area contributed by atoms with Gasteiger partial charge in [-0.25, -0.2) is 0 Å². The minimum atomic E-state index is -0.543. The third-order valence-corrected chi connectivity index (χ3v) is 1.02. The van der Waals surface area contributed by atoms with Gasteiger partial charge < -0.3 is 12.6 Å². The fraction of sp³-hybridized carbons (Fsp3) is 0.333. The maximum Gasteiger partial charge on any atom is 1.00 e. The first-order chi connectivity index (χ1) is 5.13. The molecule has 0 saturated heterocycles. The van der Waals surface area contributed by atoms with Crippen LogP contribution in [0.25, 0.3) is 0 Å². The van der Waals surface area contributed by atoms with Crippen molar-refractivity contribution >= 4 is 51.2 Å². The predicted molar refractivity (Wildman–Crippen MR) is 61.2 cm³/mol. The van der Waals surface area contributed by atoms with Gasteiger partial charge in [-0.05, 0) is 0 Å². The van der Waals surface area contributed by atoms with Gasteiger partial charge in [0.15, 0.2) is 0 Å². The average Bonchev–Trinajstić information content (AvgIpc) is 1.87. The Balaban J connectivity index is -0.000000150. The molecule has 0 amide bonds. The van der Waals surface area contributed by atoms with Crippen LogP contribution in [0.2, 0.25) is 14.8 Å². The molecule has 0 aliphatic rings. The van der Waals surface area contributed by atoms with Crippen LogP contribution in [0.1, 0.15) is 0 Å². The van der Waals surface area contributed by atoms with Gasteiger partial charge in [0.2, 0.25) is 0 Å². The molecule has 1 aromatic rings. The molecule has 0 saturated carbocycles. The quantitative estimate of drug-likeness (QED) is 0.515. The van der Waals surface area contributed by atoms with Gasteiger partial charge in [0.25, 0.3) is 0 Å². The summed E-state index contributed by atoms with van der Waals surface area (Å²) in [6.07, 6.45) is 0. The molecule has 0 heterocycles. The Bertz CT molecular complexity index is 179. The Morgan fingerprint density at radius 2 is 1.31 bits per heavy atom. The fourth-order valence-corrected chi connectivity index (χ4v) is 0.578. The monoisotopic (exact) mass is 344 g/mol. The third kappa shape index (κ3) is 19.7. The van der Waals surface area contributed by atoms with E-state index in [0.29, 0.717) is 0 Å². The first-order valence-electron chi connectivity index (χ1n) is 3.61. The molecule has 0 N–H and O–H groups in total. The van der Waals surface area contributed by atoms with Gasteiger partial charge in [0.05, 0.1) is 0 Å². The van der Waals surface area contributed by atoms with Crippen LogP contribution in [0.15, 0.2) is 35.2 Å². The molecular formula is C9H14CuLiSSn. The molecule has 0 spiro atoms. The summed E-state index contributed by atoms with van der Waals surface area (Å²) < 4.78 is 0. The second-order valence-electron chi connectivity index (χ2n) is 2.81. The Morgan fingerprint density at radius 3 is 1.46 bits per heavy atom. The molecule has 0 aliphatic carbocycles. The number of hydrogen-bond donors (Lipinski definition) is 0. The summed E-state index contributed by atoms with van der Waals surface area (Å²) in [6, 6.07) is 9.62. The van der Waals surface area contributed by atoms with Crippen LogP contribution >= 0.6 is 0 Å². The summed E-state index contributed by atoms with van der Waals surface area (Å²) in [5.41, 5.74) is 0. The molecule has 4 heteroatoms. The first kappa shape index (κ1) is 19.9. The van der Waals surface area contributed by atoms with E-state index >= 15 is 0 Å². The zero-order valence-electron chi connectivity index (χ0n) is 8.60. The summed E-state index contributed by atoms with van der Waals surface area (Å²) in [4.78, 5) is 8.00. The fourth-order valence-electron chi connectivity index (χ4n) is 0.420. The second kappa shape index (κ2) is 13.4. The number of hydrogen-bond acceptors (Lipinski definition) is 1. The average molecular weight is 343 g/mol. The molecule has 72 valence electrons. The van der Waals surface area contributed by atoms with E-state index in [1.165, 1.54) is 0 Å². The van der Waals surface area contributed by atoms with Crippen LogP contribution in [-0.2, 0) is 29.7 Å². The molecule has 0 fully saturated rings. The zero-order chi connectivity index (χ0) is 8.69. The van der Waals surface area contributed by atoms with Crippen molar-refractivity contribution in [2.75, 3.05) is 0 Å². The molecule has 0 aliphatic heterocycles. The van der Waals surface area contributed by atoms with Gasteiger partial charge in [-0.3, -0.25) is 0 Å². The summed E-state index contributed by atoms with van der Waals surface area (Å²) >= 11 is 4.27. The van der Waals surface area contributed by atoms with Crippen LogP contribution < -0.4 is 0 Å². The van der Waals surface area contributed by atoms with Gasteiger partial charge in [-0.2, -0.15) is 4.90 Å². The maximum absolute atomic E-state index is 4.81. The van der Waals surface area contributed by atoms with Crippen LogP contribution in [0.3, 0.4) is 0 Å². The van der Waals surface area contributed by atoms with Crippen LogP contribution in [0.4, 0.5) is 0 Å². The van der Waals surface area contributed by atoms with E-state index in [9.17, 15) is 0 Å². The standard InChI is InChI=1S/C6H6S.3CH3.Cu.Li.Sn/c7-6-4-2-1-3-5-6;;;;;;/h1-5,7H;3*1H3;;;/q;;;;+1;;/p-1. The van der Waals surface area contributed by atoms with E-state index < -0.39 is 19.8 Å². The predicted octanol–water partition coefficient (Wildman–Crippen LogP) is 2.58. The molecular weight excluding hydrogens is 329 g/mol.